The van der Waals surface area contributed by atoms with Crippen LogP contribution in [0, 0.1) is 0 Å². The lowest BCUT2D eigenvalue weighted by Gasteiger charge is -2.12. The monoisotopic (exact) mass is 221 g/mol. The summed E-state index contributed by atoms with van der Waals surface area (Å²) in [5.74, 6) is -0.951. The number of aliphatic carboxylic acids is 1. The molecule has 0 aliphatic heterocycles. The minimum Gasteiger partial charge on any atom is -0.480 e. The molecule has 86 valence electrons. The van der Waals surface area contributed by atoms with Gasteiger partial charge in [0.1, 0.15) is 6.04 Å². The average molecular weight is 221 g/mol. The van der Waals surface area contributed by atoms with Gasteiger partial charge in [-0.05, 0) is 12.0 Å². The SMILES string of the molecule is C=CC[C@H](NOCc1ccccc1)C(=O)O. The van der Waals surface area contributed by atoms with Crippen LogP contribution in [-0.4, -0.2) is 17.1 Å². The smallest absolute Gasteiger partial charge is 0.323 e. The third-order valence-corrected chi connectivity index (χ3v) is 2.01. The predicted molar refractivity (Wildman–Crippen MR) is 60.6 cm³/mol. The molecule has 0 aliphatic carbocycles. The number of hydrogen-bond donors (Lipinski definition) is 2. The molecular weight excluding hydrogens is 206 g/mol. The fourth-order valence-electron chi connectivity index (χ4n) is 1.17. The summed E-state index contributed by atoms with van der Waals surface area (Å²) in [6.45, 7) is 3.83. The predicted octanol–water partition coefficient (Wildman–Crippen LogP) is 1.74. The molecule has 4 heteroatoms. The molecule has 2 N–H and O–H groups in total. The maximum absolute atomic E-state index is 10.7. The first-order valence-corrected chi connectivity index (χ1v) is 4.99. The summed E-state index contributed by atoms with van der Waals surface area (Å²) in [4.78, 5) is 15.9. The van der Waals surface area contributed by atoms with Gasteiger partial charge in [-0.3, -0.25) is 9.63 Å². The van der Waals surface area contributed by atoms with Crippen molar-refractivity contribution in [2.75, 3.05) is 0 Å². The van der Waals surface area contributed by atoms with Gasteiger partial charge >= 0.3 is 5.97 Å². The van der Waals surface area contributed by atoms with Crippen LogP contribution in [0.15, 0.2) is 43.0 Å². The van der Waals surface area contributed by atoms with E-state index < -0.39 is 12.0 Å². The molecule has 4 nitrogen and oxygen atoms in total. The lowest BCUT2D eigenvalue weighted by atomic mass is 10.2. The Morgan fingerprint density at radius 1 is 1.50 bits per heavy atom. The van der Waals surface area contributed by atoms with Crippen molar-refractivity contribution in [1.29, 1.82) is 0 Å². The molecule has 0 radical (unpaired) electrons. The van der Waals surface area contributed by atoms with Crippen molar-refractivity contribution in [3.63, 3.8) is 0 Å². The molecule has 0 amide bonds. The number of hydrogen-bond acceptors (Lipinski definition) is 3. The highest BCUT2D eigenvalue weighted by Gasteiger charge is 2.14. The van der Waals surface area contributed by atoms with Crippen LogP contribution >= 0.6 is 0 Å². The summed E-state index contributed by atoms with van der Waals surface area (Å²) in [5, 5.41) is 8.81. The normalized spacial score (nSPS) is 12.0. The molecule has 0 unspecified atom stereocenters. The number of carbonyl (C=O) groups is 1. The first-order valence-electron chi connectivity index (χ1n) is 4.99. The number of benzene rings is 1. The molecule has 0 spiro atoms. The van der Waals surface area contributed by atoms with Crippen LogP contribution in [0.4, 0.5) is 0 Å². The number of carboxylic acid groups (broad SMARTS) is 1. The first kappa shape index (κ1) is 12.4. The first-order chi connectivity index (χ1) is 7.74. The molecule has 1 rings (SSSR count). The Labute approximate surface area is 94.5 Å². The second-order valence-electron chi connectivity index (χ2n) is 3.31. The van der Waals surface area contributed by atoms with Crippen LogP contribution in [0.5, 0.6) is 0 Å². The molecule has 0 bridgehead atoms. The van der Waals surface area contributed by atoms with Crippen LogP contribution in [0.25, 0.3) is 0 Å². The molecule has 1 aromatic carbocycles. The summed E-state index contributed by atoms with van der Waals surface area (Å²) in [5.41, 5.74) is 3.48. The molecule has 0 aliphatic rings. The zero-order chi connectivity index (χ0) is 11.8. The van der Waals surface area contributed by atoms with Gasteiger partial charge in [0.05, 0.1) is 6.61 Å². The minimum atomic E-state index is -0.951. The maximum atomic E-state index is 10.7. The second kappa shape index (κ2) is 6.76. The standard InChI is InChI=1S/C12H15NO3/c1-2-6-11(12(14)15)13-16-9-10-7-4-3-5-8-10/h2-5,7-8,11,13H,1,6,9H2,(H,14,15)/t11-/m0/s1. The van der Waals surface area contributed by atoms with Crippen LogP contribution in [-0.2, 0) is 16.2 Å². The summed E-state index contributed by atoms with van der Waals surface area (Å²) >= 11 is 0. The van der Waals surface area contributed by atoms with Crippen molar-refractivity contribution in [2.24, 2.45) is 0 Å². The van der Waals surface area contributed by atoms with E-state index >= 15 is 0 Å². The highest BCUT2D eigenvalue weighted by molar-refractivity contribution is 5.73. The van der Waals surface area contributed by atoms with Gasteiger partial charge in [0.25, 0.3) is 0 Å². The third-order valence-electron chi connectivity index (χ3n) is 2.01. The van der Waals surface area contributed by atoms with E-state index in [2.05, 4.69) is 12.1 Å². The van der Waals surface area contributed by atoms with Gasteiger partial charge in [-0.25, -0.2) is 0 Å². The number of nitrogens with one attached hydrogen (secondary N) is 1. The van der Waals surface area contributed by atoms with Gasteiger partial charge in [-0.15, -0.1) is 6.58 Å². The lowest BCUT2D eigenvalue weighted by molar-refractivity contribution is -0.144. The van der Waals surface area contributed by atoms with Crippen LogP contribution < -0.4 is 5.48 Å². The van der Waals surface area contributed by atoms with Gasteiger partial charge in [-0.2, -0.15) is 5.48 Å². The quantitative estimate of drug-likeness (QED) is 0.544. The zero-order valence-electron chi connectivity index (χ0n) is 8.93. The Bertz CT molecular complexity index is 337. The van der Waals surface area contributed by atoms with E-state index in [1.165, 1.54) is 6.08 Å². The maximum Gasteiger partial charge on any atom is 0.323 e. The molecule has 0 fully saturated rings. The number of rotatable bonds is 7. The Hall–Kier alpha value is -1.65. The molecule has 0 aromatic heterocycles. The molecule has 0 heterocycles. The van der Waals surface area contributed by atoms with E-state index in [-0.39, 0.29) is 0 Å². The molecule has 0 saturated carbocycles. The van der Waals surface area contributed by atoms with Crippen molar-refractivity contribution >= 4 is 5.97 Å². The van der Waals surface area contributed by atoms with E-state index in [1.54, 1.807) is 0 Å². The van der Waals surface area contributed by atoms with Crippen molar-refractivity contribution in [3.8, 4) is 0 Å². The zero-order valence-corrected chi connectivity index (χ0v) is 8.93. The van der Waals surface area contributed by atoms with Crippen molar-refractivity contribution in [1.82, 2.24) is 5.48 Å². The molecule has 0 saturated heterocycles. The Morgan fingerprint density at radius 2 is 2.19 bits per heavy atom. The van der Waals surface area contributed by atoms with Crippen LogP contribution in [0.1, 0.15) is 12.0 Å². The third kappa shape index (κ3) is 4.25. The number of hydroxylamine groups is 1. The molecule has 16 heavy (non-hydrogen) atoms. The van der Waals surface area contributed by atoms with Crippen LogP contribution in [0.2, 0.25) is 0 Å². The summed E-state index contributed by atoms with van der Waals surface area (Å²) < 4.78 is 0. The Kier molecular flexibility index (Phi) is 5.25. The highest BCUT2D eigenvalue weighted by Crippen LogP contribution is 2.00. The number of carboxylic acids is 1. The van der Waals surface area contributed by atoms with Crippen LogP contribution in [0.3, 0.4) is 0 Å². The molecule has 1 atom stereocenters. The van der Waals surface area contributed by atoms with E-state index in [0.29, 0.717) is 13.0 Å². The van der Waals surface area contributed by atoms with E-state index in [0.717, 1.165) is 5.56 Å². The topological polar surface area (TPSA) is 58.6 Å². The molecule has 1 aromatic rings. The fraction of sp³-hybridized carbons (Fsp3) is 0.250. The average Bonchev–Trinajstić information content (AvgIpc) is 2.29. The van der Waals surface area contributed by atoms with E-state index in [9.17, 15) is 4.79 Å². The van der Waals surface area contributed by atoms with Gasteiger partial charge in [0, 0.05) is 0 Å². The van der Waals surface area contributed by atoms with Gasteiger partial charge in [0.2, 0.25) is 0 Å². The summed E-state index contributed by atoms with van der Waals surface area (Å²) in [7, 11) is 0. The Morgan fingerprint density at radius 3 is 2.75 bits per heavy atom. The van der Waals surface area contributed by atoms with E-state index in [4.69, 9.17) is 9.94 Å². The fourth-order valence-corrected chi connectivity index (χ4v) is 1.17. The second-order valence-corrected chi connectivity index (χ2v) is 3.31. The minimum absolute atomic E-state index is 0.324. The van der Waals surface area contributed by atoms with Gasteiger partial charge in [-0.1, -0.05) is 36.4 Å². The summed E-state index contributed by atoms with van der Waals surface area (Å²) in [6.07, 6.45) is 1.86. The Balaban J connectivity index is 2.33. The van der Waals surface area contributed by atoms with Crippen molar-refractivity contribution in [3.05, 3.63) is 48.6 Å². The van der Waals surface area contributed by atoms with E-state index in [1.807, 2.05) is 30.3 Å². The lowest BCUT2D eigenvalue weighted by Crippen LogP contribution is -2.36. The van der Waals surface area contributed by atoms with Crippen molar-refractivity contribution < 1.29 is 14.7 Å². The highest BCUT2D eigenvalue weighted by atomic mass is 16.6. The molecular formula is C12H15NO3. The summed E-state index contributed by atoms with van der Waals surface area (Å²) in [6, 6.07) is 8.78. The van der Waals surface area contributed by atoms with Crippen molar-refractivity contribution in [2.45, 2.75) is 19.1 Å². The van der Waals surface area contributed by atoms with Gasteiger partial charge < -0.3 is 5.11 Å². The van der Waals surface area contributed by atoms with Gasteiger partial charge in [0.15, 0.2) is 0 Å². The largest absolute Gasteiger partial charge is 0.480 e.